The zero-order chi connectivity index (χ0) is 21.0. The van der Waals surface area contributed by atoms with Crippen molar-refractivity contribution < 1.29 is 19.0 Å². The van der Waals surface area contributed by atoms with Crippen LogP contribution in [-0.2, 0) is 4.74 Å². The van der Waals surface area contributed by atoms with Crippen LogP contribution in [0.4, 0.5) is 0 Å². The molecule has 0 radical (unpaired) electrons. The van der Waals surface area contributed by atoms with E-state index in [0.717, 1.165) is 0 Å². The normalized spacial score (nSPS) is 12.0. The highest BCUT2D eigenvalue weighted by atomic mass is 16.5. The van der Waals surface area contributed by atoms with E-state index in [-0.39, 0.29) is 11.4 Å². The first-order valence-corrected chi connectivity index (χ1v) is 9.39. The number of nitrogens with one attached hydrogen (secondary N) is 1. The molecule has 7 heteroatoms. The molecule has 0 aliphatic carbocycles. The summed E-state index contributed by atoms with van der Waals surface area (Å²) in [5, 5.41) is 0.483. The molecule has 1 atom stereocenters. The summed E-state index contributed by atoms with van der Waals surface area (Å²) in [4.78, 5) is 31.9. The first-order valence-electron chi connectivity index (χ1n) is 9.39. The second-order valence-corrected chi connectivity index (χ2v) is 7.09. The lowest BCUT2D eigenvalue weighted by Gasteiger charge is -2.15. The Morgan fingerprint density at radius 1 is 1.10 bits per heavy atom. The number of rotatable bonds is 7. The van der Waals surface area contributed by atoms with Crippen LogP contribution in [0.25, 0.3) is 10.9 Å². The fourth-order valence-electron chi connectivity index (χ4n) is 2.75. The molecule has 0 unspecified atom stereocenters. The largest absolute Gasteiger partial charge is 0.493 e. The van der Waals surface area contributed by atoms with E-state index >= 15 is 0 Å². The third kappa shape index (κ3) is 4.74. The third-order valence-electron chi connectivity index (χ3n) is 4.27. The number of aromatic nitrogens is 2. The number of carbonyl (C=O) groups is 1. The van der Waals surface area contributed by atoms with Gasteiger partial charge in [-0.1, -0.05) is 26.0 Å². The maximum atomic E-state index is 12.6. The number of hydrogen-bond acceptors (Lipinski definition) is 6. The topological polar surface area (TPSA) is 90.5 Å². The summed E-state index contributed by atoms with van der Waals surface area (Å²) in [7, 11) is 1.51. The number of fused-ring (bicyclic) bond motifs is 1. The van der Waals surface area contributed by atoms with Crippen molar-refractivity contribution in [1.29, 1.82) is 0 Å². The van der Waals surface area contributed by atoms with E-state index in [0.29, 0.717) is 40.5 Å². The molecule has 1 N–H and O–H groups in total. The van der Waals surface area contributed by atoms with Crippen molar-refractivity contribution in [3.05, 3.63) is 64.2 Å². The number of H-pyrrole nitrogens is 1. The molecular formula is C22H24N2O5. The summed E-state index contributed by atoms with van der Waals surface area (Å²) in [6, 6.07) is 11.9. The third-order valence-corrected chi connectivity index (χ3v) is 4.27. The highest BCUT2D eigenvalue weighted by molar-refractivity contribution is 5.90. The SMILES string of the molecule is COc1cc(C(=O)O[C@H](C)c2nc3ccccc3c(=O)[nH]2)ccc1OCC(C)C. The number of methoxy groups -OCH3 is 1. The van der Waals surface area contributed by atoms with Crippen molar-refractivity contribution in [2.45, 2.75) is 26.9 Å². The van der Waals surface area contributed by atoms with E-state index in [1.165, 1.54) is 7.11 Å². The van der Waals surface area contributed by atoms with Crippen LogP contribution in [0.5, 0.6) is 11.5 Å². The molecule has 0 fully saturated rings. The summed E-state index contributed by atoms with van der Waals surface area (Å²) in [5.74, 6) is 1.10. The zero-order valence-corrected chi connectivity index (χ0v) is 16.9. The Bertz CT molecular complexity index is 1070. The Labute approximate surface area is 168 Å². The van der Waals surface area contributed by atoms with E-state index in [9.17, 15) is 9.59 Å². The molecule has 0 saturated heterocycles. The smallest absolute Gasteiger partial charge is 0.338 e. The lowest BCUT2D eigenvalue weighted by molar-refractivity contribution is 0.0319. The van der Waals surface area contributed by atoms with Gasteiger partial charge in [-0.05, 0) is 43.2 Å². The number of esters is 1. The lowest BCUT2D eigenvalue weighted by Crippen LogP contribution is -2.17. The summed E-state index contributed by atoms with van der Waals surface area (Å²) in [6.45, 7) is 6.29. The standard InChI is InChI=1S/C22H24N2O5/c1-13(2)12-28-18-10-9-15(11-19(18)27-4)22(26)29-14(3)20-23-17-8-6-5-7-16(17)21(25)24-20/h5-11,13-14H,12H2,1-4H3,(H,23,24,25)/t14-/m1/s1. The van der Waals surface area contributed by atoms with E-state index in [1.807, 2.05) is 13.8 Å². The van der Waals surface area contributed by atoms with Gasteiger partial charge in [-0.15, -0.1) is 0 Å². The van der Waals surface area contributed by atoms with Crippen molar-refractivity contribution in [2.75, 3.05) is 13.7 Å². The predicted octanol–water partition coefficient (Wildman–Crippen LogP) is 3.88. The lowest BCUT2D eigenvalue weighted by atomic mass is 10.2. The highest BCUT2D eigenvalue weighted by Gasteiger charge is 2.18. The van der Waals surface area contributed by atoms with E-state index in [2.05, 4.69) is 9.97 Å². The molecule has 3 aromatic rings. The van der Waals surface area contributed by atoms with Crippen molar-refractivity contribution in [2.24, 2.45) is 5.92 Å². The molecule has 0 spiro atoms. The highest BCUT2D eigenvalue weighted by Crippen LogP contribution is 2.29. The first kappa shape index (κ1) is 20.4. The summed E-state index contributed by atoms with van der Waals surface area (Å²) < 4.78 is 16.5. The summed E-state index contributed by atoms with van der Waals surface area (Å²) in [5.41, 5.74) is 0.582. The molecule has 0 saturated carbocycles. The van der Waals surface area contributed by atoms with Crippen LogP contribution in [0.15, 0.2) is 47.3 Å². The fraction of sp³-hybridized carbons (Fsp3) is 0.318. The molecular weight excluding hydrogens is 372 g/mol. The van der Waals surface area contributed by atoms with Crippen molar-refractivity contribution >= 4 is 16.9 Å². The van der Waals surface area contributed by atoms with Gasteiger partial charge >= 0.3 is 5.97 Å². The number of carbonyl (C=O) groups excluding carboxylic acids is 1. The van der Waals surface area contributed by atoms with Crippen LogP contribution < -0.4 is 15.0 Å². The molecule has 7 nitrogen and oxygen atoms in total. The monoisotopic (exact) mass is 396 g/mol. The van der Waals surface area contributed by atoms with Gasteiger partial charge in [0.15, 0.2) is 23.4 Å². The number of nitrogens with zero attached hydrogens (tertiary/aromatic N) is 1. The van der Waals surface area contributed by atoms with Gasteiger partial charge in [-0.25, -0.2) is 9.78 Å². The van der Waals surface area contributed by atoms with Crippen LogP contribution >= 0.6 is 0 Å². The van der Waals surface area contributed by atoms with Gasteiger partial charge in [0, 0.05) is 0 Å². The van der Waals surface area contributed by atoms with Gasteiger partial charge in [0.25, 0.3) is 5.56 Å². The quantitative estimate of drug-likeness (QED) is 0.610. The molecule has 1 heterocycles. The van der Waals surface area contributed by atoms with Crippen molar-refractivity contribution in [3.63, 3.8) is 0 Å². The summed E-state index contributed by atoms with van der Waals surface area (Å²) >= 11 is 0. The minimum absolute atomic E-state index is 0.276. The molecule has 29 heavy (non-hydrogen) atoms. The van der Waals surface area contributed by atoms with Gasteiger partial charge in [0.05, 0.1) is 30.2 Å². The number of aromatic amines is 1. The van der Waals surface area contributed by atoms with Crippen LogP contribution in [-0.4, -0.2) is 29.7 Å². The van der Waals surface area contributed by atoms with Crippen LogP contribution in [0.1, 0.15) is 43.1 Å². The van der Waals surface area contributed by atoms with Crippen LogP contribution in [0.3, 0.4) is 0 Å². The number of hydrogen-bond donors (Lipinski definition) is 1. The molecule has 3 rings (SSSR count). The maximum absolute atomic E-state index is 12.6. The first-order chi connectivity index (χ1) is 13.9. The summed E-state index contributed by atoms with van der Waals surface area (Å²) in [6.07, 6.45) is -0.734. The molecule has 0 amide bonds. The maximum Gasteiger partial charge on any atom is 0.338 e. The van der Waals surface area contributed by atoms with Gasteiger partial charge < -0.3 is 19.2 Å². The van der Waals surface area contributed by atoms with Gasteiger partial charge in [0.1, 0.15) is 0 Å². The molecule has 152 valence electrons. The van der Waals surface area contributed by atoms with E-state index in [1.54, 1.807) is 49.4 Å². The number of para-hydroxylation sites is 1. The number of ether oxygens (including phenoxy) is 3. The Hall–Kier alpha value is -3.35. The Morgan fingerprint density at radius 3 is 2.59 bits per heavy atom. The van der Waals surface area contributed by atoms with Gasteiger partial charge in [-0.3, -0.25) is 4.79 Å². The minimum Gasteiger partial charge on any atom is -0.493 e. The Morgan fingerprint density at radius 2 is 1.86 bits per heavy atom. The molecule has 0 aliphatic rings. The Balaban J connectivity index is 1.78. The Kier molecular flexibility index (Phi) is 6.16. The van der Waals surface area contributed by atoms with Crippen LogP contribution in [0.2, 0.25) is 0 Å². The van der Waals surface area contributed by atoms with Crippen molar-refractivity contribution in [1.82, 2.24) is 9.97 Å². The second-order valence-electron chi connectivity index (χ2n) is 7.09. The minimum atomic E-state index is -0.734. The zero-order valence-electron chi connectivity index (χ0n) is 16.9. The van der Waals surface area contributed by atoms with Crippen LogP contribution in [0, 0.1) is 5.92 Å². The molecule has 1 aromatic heterocycles. The average molecular weight is 396 g/mol. The molecule has 0 aliphatic heterocycles. The average Bonchev–Trinajstić information content (AvgIpc) is 2.71. The fourth-order valence-corrected chi connectivity index (χ4v) is 2.75. The predicted molar refractivity (Wildman–Crippen MR) is 110 cm³/mol. The van der Waals surface area contributed by atoms with Gasteiger partial charge in [-0.2, -0.15) is 0 Å². The van der Waals surface area contributed by atoms with Crippen molar-refractivity contribution in [3.8, 4) is 11.5 Å². The second kappa shape index (κ2) is 8.77. The van der Waals surface area contributed by atoms with E-state index in [4.69, 9.17) is 14.2 Å². The molecule has 2 aromatic carbocycles. The molecule has 0 bridgehead atoms. The van der Waals surface area contributed by atoms with Gasteiger partial charge in [0.2, 0.25) is 0 Å². The number of benzene rings is 2. The van der Waals surface area contributed by atoms with E-state index < -0.39 is 12.1 Å².